The van der Waals surface area contributed by atoms with E-state index in [0.29, 0.717) is 0 Å². The predicted octanol–water partition coefficient (Wildman–Crippen LogP) is 1.28. The topological polar surface area (TPSA) is 46.2 Å². The highest BCUT2D eigenvalue weighted by molar-refractivity contribution is 4.95. The lowest BCUT2D eigenvalue weighted by molar-refractivity contribution is -0.319. The van der Waals surface area contributed by atoms with Crippen LogP contribution >= 0.6 is 0 Å². The SMILES string of the molecule is CC(C)(N)C(O)C(F)(F)C(F)(F)F. The molecule has 0 heterocycles. The van der Waals surface area contributed by atoms with Crippen LogP contribution in [-0.2, 0) is 0 Å². The highest BCUT2D eigenvalue weighted by atomic mass is 19.4. The first-order valence-corrected chi connectivity index (χ1v) is 3.32. The highest BCUT2D eigenvalue weighted by Crippen LogP contribution is 2.40. The second-order valence-corrected chi connectivity index (χ2v) is 3.34. The van der Waals surface area contributed by atoms with Gasteiger partial charge in [-0.2, -0.15) is 22.0 Å². The minimum Gasteiger partial charge on any atom is -0.385 e. The maximum absolute atomic E-state index is 12.4. The fourth-order valence-corrected chi connectivity index (χ4v) is 0.622. The fraction of sp³-hybridized carbons (Fsp3) is 1.00. The first-order valence-electron chi connectivity index (χ1n) is 3.32. The Kier molecular flexibility index (Phi) is 2.95. The summed E-state index contributed by atoms with van der Waals surface area (Å²) in [6.45, 7) is 1.77. The Morgan fingerprint density at radius 3 is 1.46 bits per heavy atom. The summed E-state index contributed by atoms with van der Waals surface area (Å²) >= 11 is 0. The van der Waals surface area contributed by atoms with Gasteiger partial charge in [-0.1, -0.05) is 0 Å². The van der Waals surface area contributed by atoms with Gasteiger partial charge in [-0.3, -0.25) is 0 Å². The minimum atomic E-state index is -5.79. The lowest BCUT2D eigenvalue weighted by Crippen LogP contribution is -2.60. The standard InChI is InChI=1S/C6H10F5NO/c1-4(2,12)3(13)5(7,8)6(9,10)11/h3,13H,12H2,1-2H3. The van der Waals surface area contributed by atoms with Crippen molar-refractivity contribution in [2.45, 2.75) is 37.6 Å². The van der Waals surface area contributed by atoms with Crippen molar-refractivity contribution in [3.63, 3.8) is 0 Å². The van der Waals surface area contributed by atoms with Crippen molar-refractivity contribution < 1.29 is 27.1 Å². The highest BCUT2D eigenvalue weighted by Gasteiger charge is 2.64. The first-order chi connectivity index (χ1) is 5.40. The molecule has 0 aliphatic rings. The molecule has 3 N–H and O–H groups in total. The Balaban J connectivity index is 4.86. The van der Waals surface area contributed by atoms with Gasteiger partial charge in [0.25, 0.3) is 0 Å². The number of aliphatic hydroxyl groups excluding tert-OH is 1. The van der Waals surface area contributed by atoms with Gasteiger partial charge in [0, 0.05) is 5.54 Å². The van der Waals surface area contributed by atoms with Crippen molar-refractivity contribution in [2.75, 3.05) is 0 Å². The minimum absolute atomic E-state index is 0.886. The number of nitrogens with two attached hydrogens (primary N) is 1. The maximum Gasteiger partial charge on any atom is 0.456 e. The Hall–Kier alpha value is -0.430. The van der Waals surface area contributed by atoms with E-state index >= 15 is 0 Å². The van der Waals surface area contributed by atoms with Crippen molar-refractivity contribution in [3.8, 4) is 0 Å². The van der Waals surface area contributed by atoms with Crippen LogP contribution in [0.4, 0.5) is 22.0 Å². The summed E-state index contributed by atoms with van der Waals surface area (Å²) in [4.78, 5) is 0. The average Bonchev–Trinajstić information content (AvgIpc) is 1.81. The molecule has 0 amide bonds. The van der Waals surface area contributed by atoms with Gasteiger partial charge in [0.05, 0.1) is 0 Å². The van der Waals surface area contributed by atoms with E-state index in [2.05, 4.69) is 0 Å². The molecular weight excluding hydrogens is 197 g/mol. The second kappa shape index (κ2) is 3.06. The molecule has 0 rings (SSSR count). The largest absolute Gasteiger partial charge is 0.456 e. The fourth-order valence-electron chi connectivity index (χ4n) is 0.622. The molecule has 0 radical (unpaired) electrons. The average molecular weight is 207 g/mol. The van der Waals surface area contributed by atoms with Crippen molar-refractivity contribution in [3.05, 3.63) is 0 Å². The van der Waals surface area contributed by atoms with Gasteiger partial charge in [0.15, 0.2) is 0 Å². The molecule has 0 saturated heterocycles. The van der Waals surface area contributed by atoms with E-state index in [9.17, 15) is 22.0 Å². The van der Waals surface area contributed by atoms with Crippen molar-refractivity contribution >= 4 is 0 Å². The number of hydrogen-bond donors (Lipinski definition) is 2. The maximum atomic E-state index is 12.4. The number of alkyl halides is 5. The molecule has 0 aromatic carbocycles. The molecule has 0 fully saturated rings. The molecule has 1 unspecified atom stereocenters. The third kappa shape index (κ3) is 2.50. The van der Waals surface area contributed by atoms with Gasteiger partial charge in [-0.05, 0) is 13.8 Å². The molecule has 0 aliphatic heterocycles. The van der Waals surface area contributed by atoms with E-state index < -0.39 is 23.7 Å². The summed E-state index contributed by atoms with van der Waals surface area (Å²) in [5.74, 6) is -5.19. The lowest BCUT2D eigenvalue weighted by atomic mass is 9.93. The summed E-state index contributed by atoms with van der Waals surface area (Å²) in [5.41, 5.74) is 2.92. The van der Waals surface area contributed by atoms with Crippen molar-refractivity contribution in [2.24, 2.45) is 5.73 Å². The molecule has 2 nitrogen and oxygen atoms in total. The third-order valence-corrected chi connectivity index (χ3v) is 1.43. The molecule has 0 aromatic rings. The van der Waals surface area contributed by atoms with E-state index in [1.165, 1.54) is 0 Å². The van der Waals surface area contributed by atoms with Crippen LogP contribution in [0.3, 0.4) is 0 Å². The molecule has 1 atom stereocenters. The first kappa shape index (κ1) is 12.6. The van der Waals surface area contributed by atoms with Gasteiger partial charge < -0.3 is 10.8 Å². The van der Waals surface area contributed by atoms with E-state index in [1.807, 2.05) is 0 Å². The Morgan fingerprint density at radius 2 is 1.38 bits per heavy atom. The molecule has 0 spiro atoms. The zero-order chi connectivity index (χ0) is 11.1. The monoisotopic (exact) mass is 207 g/mol. The number of halogens is 5. The van der Waals surface area contributed by atoms with E-state index in [-0.39, 0.29) is 0 Å². The zero-order valence-corrected chi connectivity index (χ0v) is 6.99. The second-order valence-electron chi connectivity index (χ2n) is 3.34. The molecule has 13 heavy (non-hydrogen) atoms. The number of rotatable bonds is 2. The quantitative estimate of drug-likeness (QED) is 0.670. The number of hydrogen-bond acceptors (Lipinski definition) is 2. The van der Waals surface area contributed by atoms with Crippen LogP contribution in [0.1, 0.15) is 13.8 Å². The van der Waals surface area contributed by atoms with Crippen LogP contribution in [0.5, 0.6) is 0 Å². The van der Waals surface area contributed by atoms with Crippen LogP contribution in [0.2, 0.25) is 0 Å². The van der Waals surface area contributed by atoms with Gasteiger partial charge in [0.2, 0.25) is 0 Å². The Bertz CT molecular complexity index is 182. The molecule has 80 valence electrons. The molecule has 0 bridgehead atoms. The van der Waals surface area contributed by atoms with E-state index in [0.717, 1.165) is 13.8 Å². The van der Waals surface area contributed by atoms with Crippen LogP contribution in [-0.4, -0.2) is 28.8 Å². The number of aliphatic hydroxyl groups is 1. The Labute approximate surface area is 71.5 Å². The third-order valence-electron chi connectivity index (χ3n) is 1.43. The molecule has 7 heteroatoms. The van der Waals surface area contributed by atoms with Gasteiger partial charge >= 0.3 is 12.1 Å². The zero-order valence-electron chi connectivity index (χ0n) is 6.99. The summed E-state index contributed by atoms with van der Waals surface area (Å²) < 4.78 is 59.7. The summed E-state index contributed by atoms with van der Waals surface area (Å²) in [7, 11) is 0. The van der Waals surface area contributed by atoms with Crippen LogP contribution < -0.4 is 5.73 Å². The smallest absolute Gasteiger partial charge is 0.385 e. The van der Waals surface area contributed by atoms with Crippen LogP contribution in [0.25, 0.3) is 0 Å². The van der Waals surface area contributed by atoms with Gasteiger partial charge in [0.1, 0.15) is 6.10 Å². The normalized spacial score (nSPS) is 17.3. The van der Waals surface area contributed by atoms with Crippen LogP contribution in [0.15, 0.2) is 0 Å². The molecular formula is C6H10F5NO. The lowest BCUT2D eigenvalue weighted by Gasteiger charge is -2.33. The van der Waals surface area contributed by atoms with Crippen molar-refractivity contribution in [1.82, 2.24) is 0 Å². The van der Waals surface area contributed by atoms with Gasteiger partial charge in [-0.25, -0.2) is 0 Å². The molecule has 0 aromatic heterocycles. The van der Waals surface area contributed by atoms with E-state index in [1.54, 1.807) is 0 Å². The molecule has 0 aliphatic carbocycles. The predicted molar refractivity (Wildman–Crippen MR) is 35.3 cm³/mol. The summed E-state index contributed by atoms with van der Waals surface area (Å²) in [5, 5.41) is 8.65. The van der Waals surface area contributed by atoms with Crippen molar-refractivity contribution in [1.29, 1.82) is 0 Å². The molecule has 0 saturated carbocycles. The van der Waals surface area contributed by atoms with E-state index in [4.69, 9.17) is 10.8 Å². The van der Waals surface area contributed by atoms with Gasteiger partial charge in [-0.15, -0.1) is 0 Å². The summed E-state index contributed by atoms with van der Waals surface area (Å²) in [6, 6.07) is 0. The summed E-state index contributed by atoms with van der Waals surface area (Å²) in [6.07, 6.45) is -8.75. The van der Waals surface area contributed by atoms with Crippen LogP contribution in [0, 0.1) is 0 Å². The Morgan fingerprint density at radius 1 is 1.08 bits per heavy atom.